The van der Waals surface area contributed by atoms with Gasteiger partial charge in [-0.05, 0) is 23.3 Å². The smallest absolute Gasteiger partial charge is 0.324 e. The first kappa shape index (κ1) is 18.4. The van der Waals surface area contributed by atoms with Gasteiger partial charge in [-0.25, -0.2) is 4.79 Å². The fourth-order valence-electron chi connectivity index (χ4n) is 3.56. The third kappa shape index (κ3) is 3.58. The van der Waals surface area contributed by atoms with Gasteiger partial charge in [0.25, 0.3) is 0 Å². The average Bonchev–Trinajstić information content (AvgIpc) is 2.72. The van der Waals surface area contributed by atoms with Crippen molar-refractivity contribution in [1.29, 1.82) is 5.26 Å². The van der Waals surface area contributed by atoms with Gasteiger partial charge in [-0.3, -0.25) is 10.1 Å². The summed E-state index contributed by atoms with van der Waals surface area (Å²) in [4.78, 5) is 24.1. The van der Waals surface area contributed by atoms with E-state index in [1.54, 1.807) is 24.3 Å². The number of nitrogens with two attached hydrogens (primary N) is 1. The van der Waals surface area contributed by atoms with E-state index >= 15 is 0 Å². The second-order valence-electron chi connectivity index (χ2n) is 6.74. The molecule has 8 nitrogen and oxygen atoms in total. The molecule has 3 unspecified atom stereocenters. The van der Waals surface area contributed by atoms with Crippen molar-refractivity contribution in [3.8, 4) is 11.8 Å². The number of hydrogen-bond donors (Lipinski definition) is 3. The van der Waals surface area contributed by atoms with E-state index in [1.807, 2.05) is 36.4 Å². The van der Waals surface area contributed by atoms with E-state index in [4.69, 9.17) is 15.2 Å². The molecule has 1 fully saturated rings. The van der Waals surface area contributed by atoms with Gasteiger partial charge in [-0.1, -0.05) is 42.5 Å². The molecule has 0 aromatic heterocycles. The molecule has 2 aliphatic rings. The maximum absolute atomic E-state index is 12.5. The number of urea groups is 1. The van der Waals surface area contributed by atoms with E-state index in [2.05, 4.69) is 10.6 Å². The highest BCUT2D eigenvalue weighted by molar-refractivity contribution is 5.99. The maximum atomic E-state index is 12.5. The van der Waals surface area contributed by atoms with Crippen molar-refractivity contribution in [3.63, 3.8) is 0 Å². The number of nitrogens with one attached hydrogen (secondary N) is 2. The molecule has 3 amide bonds. The first-order valence-electron chi connectivity index (χ1n) is 9.01. The first-order chi connectivity index (χ1) is 14.1. The Kier molecular flexibility index (Phi) is 4.79. The molecule has 8 heteroatoms. The summed E-state index contributed by atoms with van der Waals surface area (Å²) in [5.74, 6) is -1.43. The minimum atomic E-state index is -0.938. The highest BCUT2D eigenvalue weighted by atomic mass is 16.5. The molecule has 0 bridgehead atoms. The Labute approximate surface area is 166 Å². The molecule has 0 saturated carbocycles. The summed E-state index contributed by atoms with van der Waals surface area (Å²) in [7, 11) is 0. The third-order valence-electron chi connectivity index (χ3n) is 4.94. The maximum Gasteiger partial charge on any atom is 0.324 e. The van der Waals surface area contributed by atoms with Crippen molar-refractivity contribution in [1.82, 2.24) is 10.6 Å². The van der Waals surface area contributed by atoms with Gasteiger partial charge in [0.05, 0.1) is 5.57 Å². The molecular weight excluding hydrogens is 372 g/mol. The van der Waals surface area contributed by atoms with Crippen LogP contribution in [0.4, 0.5) is 4.79 Å². The summed E-state index contributed by atoms with van der Waals surface area (Å²) in [6, 6.07) is 18.2. The Hall–Kier alpha value is -3.99. The third-order valence-corrected chi connectivity index (χ3v) is 4.94. The highest BCUT2D eigenvalue weighted by Gasteiger charge is 2.48. The fourth-order valence-corrected chi connectivity index (χ4v) is 3.56. The fraction of sp³-hybridized carbons (Fsp3) is 0.190. The van der Waals surface area contributed by atoms with E-state index < -0.39 is 30.0 Å². The lowest BCUT2D eigenvalue weighted by Crippen LogP contribution is -2.62. The highest BCUT2D eigenvalue weighted by Crippen LogP contribution is 2.40. The largest absolute Gasteiger partial charge is 0.489 e. The lowest BCUT2D eigenvalue weighted by atomic mass is 9.77. The topological polar surface area (TPSA) is 126 Å². The SMILES string of the molecule is N#CC1=C(N)OC2NC(=O)NC(=O)C2C1c1ccc(OCc2ccccc2)cc1. The molecular formula is C21H18N4O4. The standard InChI is InChI=1S/C21H18N4O4/c22-10-15-16(17-19(26)24-21(27)25-20(17)29-18(15)23)13-6-8-14(9-7-13)28-11-12-4-2-1-3-5-12/h1-9,16-17,20H,11,23H2,(H2,24,25,26,27). The summed E-state index contributed by atoms with van der Waals surface area (Å²) in [6.45, 7) is 0.424. The molecule has 146 valence electrons. The van der Waals surface area contributed by atoms with E-state index in [-0.39, 0.29) is 11.5 Å². The molecule has 29 heavy (non-hydrogen) atoms. The van der Waals surface area contributed by atoms with Crippen molar-refractivity contribution < 1.29 is 19.1 Å². The van der Waals surface area contributed by atoms with Gasteiger partial charge >= 0.3 is 6.03 Å². The number of allylic oxidation sites excluding steroid dienone is 1. The summed E-state index contributed by atoms with van der Waals surface area (Å²) in [6.07, 6.45) is -0.938. The van der Waals surface area contributed by atoms with Gasteiger partial charge < -0.3 is 20.5 Å². The Morgan fingerprint density at radius 2 is 1.83 bits per heavy atom. The second-order valence-corrected chi connectivity index (χ2v) is 6.74. The second kappa shape index (κ2) is 7.56. The number of fused-ring (bicyclic) bond motifs is 1. The number of ether oxygens (including phenoxy) is 2. The summed E-state index contributed by atoms with van der Waals surface area (Å²) < 4.78 is 11.2. The molecule has 1 saturated heterocycles. The zero-order chi connectivity index (χ0) is 20.4. The van der Waals surface area contributed by atoms with Crippen LogP contribution in [0.15, 0.2) is 66.1 Å². The summed E-state index contributed by atoms with van der Waals surface area (Å²) in [5.41, 5.74) is 7.77. The number of carbonyl (C=O) groups is 2. The van der Waals surface area contributed by atoms with Gasteiger partial charge in [0.15, 0.2) is 6.23 Å². The van der Waals surface area contributed by atoms with Crippen LogP contribution in [0.1, 0.15) is 17.0 Å². The Bertz CT molecular complexity index is 1010. The minimum absolute atomic E-state index is 0.0989. The van der Waals surface area contributed by atoms with Crippen molar-refractivity contribution in [2.75, 3.05) is 0 Å². The number of imide groups is 1. The van der Waals surface area contributed by atoms with Gasteiger partial charge in [0.1, 0.15) is 24.3 Å². The number of hydrogen-bond acceptors (Lipinski definition) is 6. The normalized spacial score (nSPS) is 23.2. The molecule has 0 aliphatic carbocycles. The number of nitriles is 1. The van der Waals surface area contributed by atoms with E-state index in [0.717, 1.165) is 5.56 Å². The van der Waals surface area contributed by atoms with Crippen LogP contribution >= 0.6 is 0 Å². The van der Waals surface area contributed by atoms with Crippen LogP contribution in [0.2, 0.25) is 0 Å². The zero-order valence-electron chi connectivity index (χ0n) is 15.3. The van der Waals surface area contributed by atoms with Gasteiger partial charge in [0, 0.05) is 5.92 Å². The molecule has 2 aromatic rings. The predicted molar refractivity (Wildman–Crippen MR) is 102 cm³/mol. The molecule has 4 rings (SSSR count). The lowest BCUT2D eigenvalue weighted by molar-refractivity contribution is -0.132. The minimum Gasteiger partial charge on any atom is -0.489 e. The zero-order valence-corrected chi connectivity index (χ0v) is 15.3. The quantitative estimate of drug-likeness (QED) is 0.731. The molecule has 2 heterocycles. The number of carbonyl (C=O) groups excluding carboxylic acids is 2. The van der Waals surface area contributed by atoms with Crippen LogP contribution < -0.4 is 21.1 Å². The van der Waals surface area contributed by atoms with Gasteiger partial charge in [-0.15, -0.1) is 0 Å². The monoisotopic (exact) mass is 390 g/mol. The Morgan fingerprint density at radius 1 is 1.10 bits per heavy atom. The molecule has 2 aromatic carbocycles. The average molecular weight is 390 g/mol. The number of rotatable bonds is 4. The van der Waals surface area contributed by atoms with Gasteiger partial charge in [-0.2, -0.15) is 5.26 Å². The summed E-state index contributed by atoms with van der Waals surface area (Å²) in [5, 5.41) is 14.3. The Morgan fingerprint density at radius 3 is 2.52 bits per heavy atom. The van der Waals surface area contributed by atoms with Crippen LogP contribution in [-0.4, -0.2) is 18.2 Å². The molecule has 2 aliphatic heterocycles. The number of nitrogens with zero attached hydrogens (tertiary/aromatic N) is 1. The van der Waals surface area contributed by atoms with Crippen molar-refractivity contribution in [2.24, 2.45) is 11.7 Å². The molecule has 4 N–H and O–H groups in total. The van der Waals surface area contributed by atoms with Crippen LogP contribution in [0.3, 0.4) is 0 Å². The van der Waals surface area contributed by atoms with Crippen LogP contribution in [0, 0.1) is 17.2 Å². The predicted octanol–water partition coefficient (Wildman–Crippen LogP) is 1.85. The van der Waals surface area contributed by atoms with Crippen LogP contribution in [0.5, 0.6) is 5.75 Å². The number of amides is 3. The van der Waals surface area contributed by atoms with Crippen molar-refractivity contribution >= 4 is 11.9 Å². The molecule has 0 radical (unpaired) electrons. The van der Waals surface area contributed by atoms with E-state index in [1.165, 1.54) is 0 Å². The van der Waals surface area contributed by atoms with E-state index in [9.17, 15) is 14.9 Å². The first-order valence-corrected chi connectivity index (χ1v) is 9.01. The van der Waals surface area contributed by atoms with Crippen molar-refractivity contribution in [2.45, 2.75) is 18.8 Å². The molecule has 3 atom stereocenters. The number of benzene rings is 2. The van der Waals surface area contributed by atoms with E-state index in [0.29, 0.717) is 17.9 Å². The van der Waals surface area contributed by atoms with Crippen LogP contribution in [-0.2, 0) is 16.1 Å². The van der Waals surface area contributed by atoms with Crippen LogP contribution in [0.25, 0.3) is 0 Å². The summed E-state index contributed by atoms with van der Waals surface area (Å²) >= 11 is 0. The Balaban J connectivity index is 1.59. The molecule has 0 spiro atoms. The van der Waals surface area contributed by atoms with Crippen molar-refractivity contribution in [3.05, 3.63) is 77.2 Å². The van der Waals surface area contributed by atoms with Gasteiger partial charge in [0.2, 0.25) is 11.8 Å². The lowest BCUT2D eigenvalue weighted by Gasteiger charge is -2.39.